The third kappa shape index (κ3) is 6.78. The molecule has 42 heavy (non-hydrogen) atoms. The molecular formula is C28H26N4O10. The first kappa shape index (κ1) is 29.5. The molecule has 14 nitrogen and oxygen atoms in total. The lowest BCUT2D eigenvalue weighted by Gasteiger charge is -2.39. The summed E-state index contributed by atoms with van der Waals surface area (Å²) >= 11 is 0. The molecule has 2 aliphatic heterocycles. The number of hydrogen-bond acceptors (Lipinski definition) is 9. The predicted octanol–water partition coefficient (Wildman–Crippen LogP) is 0.520. The number of fused-ring (bicyclic) bond motifs is 1. The number of carboxylic acid groups (broad SMARTS) is 1. The Hall–Kier alpha value is -5.53. The molecule has 2 aliphatic rings. The van der Waals surface area contributed by atoms with Crippen LogP contribution in [-0.4, -0.2) is 80.2 Å². The number of rotatable bonds is 9. The number of carbonyl (C=O) groups is 7. The molecular weight excluding hydrogens is 552 g/mol. The van der Waals surface area contributed by atoms with Crippen LogP contribution in [0.3, 0.4) is 0 Å². The van der Waals surface area contributed by atoms with E-state index in [-0.39, 0.29) is 48.2 Å². The van der Waals surface area contributed by atoms with E-state index < -0.39 is 60.1 Å². The number of benzene rings is 2. The first-order valence-corrected chi connectivity index (χ1v) is 12.8. The number of aldehydes is 1. The largest absolute Gasteiger partial charge is 0.508 e. The number of phenols is 1. The van der Waals surface area contributed by atoms with Crippen molar-refractivity contribution in [2.24, 2.45) is 0 Å². The summed E-state index contributed by atoms with van der Waals surface area (Å²) in [4.78, 5) is 86.8. The Morgan fingerprint density at radius 2 is 1.69 bits per heavy atom. The molecule has 2 heterocycles. The fraction of sp³-hybridized carbons (Fsp3) is 0.250. The molecule has 2 aromatic carbocycles. The summed E-state index contributed by atoms with van der Waals surface area (Å²) in [6, 6.07) is 7.13. The summed E-state index contributed by atoms with van der Waals surface area (Å²) in [5, 5.41) is 25.0. The zero-order valence-corrected chi connectivity index (χ0v) is 22.0. The number of amides is 4. The zero-order chi connectivity index (χ0) is 30.4. The summed E-state index contributed by atoms with van der Waals surface area (Å²) in [6.07, 6.45) is 2.22. The van der Waals surface area contributed by atoms with Crippen molar-refractivity contribution in [3.8, 4) is 11.5 Å². The van der Waals surface area contributed by atoms with E-state index in [0.29, 0.717) is 0 Å². The SMILES string of the molecule is O=C[C@H](CC(=O)O)NC(=O)[C@@H]1CC=CN2C(=O)CC[C@H](NC(=O)c3ccc(OC(=O)c4ccc(O)cc4)cc3)C(=O)N12. The van der Waals surface area contributed by atoms with Crippen LogP contribution in [0.1, 0.15) is 46.4 Å². The van der Waals surface area contributed by atoms with E-state index in [4.69, 9.17) is 9.84 Å². The number of aromatic hydroxyl groups is 1. The summed E-state index contributed by atoms with van der Waals surface area (Å²) in [5.41, 5.74) is 0.322. The van der Waals surface area contributed by atoms with Crippen LogP contribution in [-0.2, 0) is 24.0 Å². The molecule has 2 aromatic rings. The zero-order valence-electron chi connectivity index (χ0n) is 22.0. The Morgan fingerprint density at radius 3 is 2.33 bits per heavy atom. The van der Waals surface area contributed by atoms with Gasteiger partial charge in [-0.15, -0.1) is 0 Å². The van der Waals surface area contributed by atoms with Gasteiger partial charge in [0.25, 0.3) is 11.8 Å². The number of carboxylic acids is 1. The first-order valence-electron chi connectivity index (χ1n) is 12.8. The van der Waals surface area contributed by atoms with Crippen molar-refractivity contribution in [3.63, 3.8) is 0 Å². The van der Waals surface area contributed by atoms with Crippen LogP contribution in [0.2, 0.25) is 0 Å². The Bertz CT molecular complexity index is 1440. The van der Waals surface area contributed by atoms with Gasteiger partial charge in [0.1, 0.15) is 29.9 Å². The van der Waals surface area contributed by atoms with E-state index in [9.17, 15) is 38.7 Å². The quantitative estimate of drug-likeness (QED) is 0.185. The smallest absolute Gasteiger partial charge is 0.343 e. The van der Waals surface area contributed by atoms with E-state index >= 15 is 0 Å². The molecule has 0 radical (unpaired) electrons. The average Bonchev–Trinajstić information content (AvgIpc) is 3.09. The number of aliphatic carboxylic acids is 1. The monoisotopic (exact) mass is 578 g/mol. The molecule has 3 atom stereocenters. The summed E-state index contributed by atoms with van der Waals surface area (Å²) in [5.74, 6) is -4.63. The van der Waals surface area contributed by atoms with Gasteiger partial charge < -0.3 is 30.4 Å². The Morgan fingerprint density at radius 1 is 1.02 bits per heavy atom. The summed E-state index contributed by atoms with van der Waals surface area (Å²) in [7, 11) is 0. The minimum atomic E-state index is -1.34. The molecule has 0 aromatic heterocycles. The highest BCUT2D eigenvalue weighted by molar-refractivity contribution is 6.00. The van der Waals surface area contributed by atoms with Crippen molar-refractivity contribution in [1.29, 1.82) is 0 Å². The number of nitrogens with one attached hydrogen (secondary N) is 2. The van der Waals surface area contributed by atoms with E-state index in [1.165, 1.54) is 60.8 Å². The molecule has 0 bridgehead atoms. The molecule has 4 N–H and O–H groups in total. The Labute approximate surface area is 238 Å². The molecule has 14 heteroatoms. The number of phenolic OH excluding ortho intramolecular Hbond substituents is 1. The molecule has 1 fully saturated rings. The molecule has 0 saturated carbocycles. The van der Waals surface area contributed by atoms with Crippen LogP contribution < -0.4 is 15.4 Å². The number of hydrogen-bond donors (Lipinski definition) is 4. The van der Waals surface area contributed by atoms with Gasteiger partial charge in [-0.25, -0.2) is 14.8 Å². The van der Waals surface area contributed by atoms with Crippen molar-refractivity contribution < 1.29 is 48.5 Å². The average molecular weight is 579 g/mol. The van der Waals surface area contributed by atoms with Gasteiger partial charge in [0.2, 0.25) is 11.8 Å². The van der Waals surface area contributed by atoms with Gasteiger partial charge >= 0.3 is 11.9 Å². The predicted molar refractivity (Wildman–Crippen MR) is 141 cm³/mol. The van der Waals surface area contributed by atoms with Crippen molar-refractivity contribution in [1.82, 2.24) is 20.7 Å². The van der Waals surface area contributed by atoms with Crippen LogP contribution in [0.5, 0.6) is 11.5 Å². The maximum Gasteiger partial charge on any atom is 0.343 e. The van der Waals surface area contributed by atoms with Crippen molar-refractivity contribution in [2.45, 2.75) is 43.8 Å². The highest BCUT2D eigenvalue weighted by Crippen LogP contribution is 2.24. The molecule has 0 unspecified atom stereocenters. The van der Waals surface area contributed by atoms with Gasteiger partial charge in [-0.2, -0.15) is 0 Å². The lowest BCUT2D eigenvalue weighted by atomic mass is 10.1. The van der Waals surface area contributed by atoms with E-state index in [0.717, 1.165) is 10.0 Å². The first-order chi connectivity index (χ1) is 20.1. The molecule has 0 aliphatic carbocycles. The van der Waals surface area contributed by atoms with Gasteiger partial charge in [0, 0.05) is 18.2 Å². The second-order valence-corrected chi connectivity index (χ2v) is 9.43. The molecule has 4 rings (SSSR count). The lowest BCUT2D eigenvalue weighted by Crippen LogP contribution is -2.62. The van der Waals surface area contributed by atoms with Gasteiger partial charge in [0.05, 0.1) is 18.0 Å². The van der Waals surface area contributed by atoms with Gasteiger partial charge in [-0.3, -0.25) is 24.0 Å². The second kappa shape index (κ2) is 12.8. The fourth-order valence-electron chi connectivity index (χ4n) is 4.37. The standard InChI is InChI=1S/C28H26N4O10/c33-15-18(14-24(36)37)29-26(39)22-2-1-13-31-23(35)12-11-21(27(40)32(22)31)30-25(38)16-5-9-20(10-6-16)42-28(41)17-3-7-19(34)8-4-17/h1,3-10,13,15,18,21-22,34H,2,11-12,14H2,(H,29,39)(H,30,38)(H,36,37)/t18-,21-,22-/m0/s1. The van der Waals surface area contributed by atoms with Gasteiger partial charge in [0.15, 0.2) is 0 Å². The van der Waals surface area contributed by atoms with E-state index in [1.807, 2.05) is 0 Å². The molecule has 0 spiro atoms. The minimum absolute atomic E-state index is 0.0102. The minimum Gasteiger partial charge on any atom is -0.508 e. The lowest BCUT2D eigenvalue weighted by molar-refractivity contribution is -0.166. The summed E-state index contributed by atoms with van der Waals surface area (Å²) < 4.78 is 5.27. The third-order valence-electron chi connectivity index (χ3n) is 6.48. The van der Waals surface area contributed by atoms with Crippen LogP contribution in [0, 0.1) is 0 Å². The van der Waals surface area contributed by atoms with E-state index in [1.54, 1.807) is 0 Å². The maximum atomic E-state index is 13.5. The van der Waals surface area contributed by atoms with Crippen molar-refractivity contribution >= 4 is 41.9 Å². The Balaban J connectivity index is 1.45. The third-order valence-corrected chi connectivity index (χ3v) is 6.48. The van der Waals surface area contributed by atoms with Crippen LogP contribution in [0.25, 0.3) is 0 Å². The van der Waals surface area contributed by atoms with Crippen LogP contribution >= 0.6 is 0 Å². The Kier molecular flexibility index (Phi) is 8.95. The highest BCUT2D eigenvalue weighted by Gasteiger charge is 2.43. The highest BCUT2D eigenvalue weighted by atomic mass is 16.5. The van der Waals surface area contributed by atoms with Gasteiger partial charge in [-0.05, 0) is 61.4 Å². The maximum absolute atomic E-state index is 13.5. The molecule has 4 amide bonds. The van der Waals surface area contributed by atoms with Crippen molar-refractivity contribution in [2.75, 3.05) is 0 Å². The van der Waals surface area contributed by atoms with E-state index in [2.05, 4.69) is 10.6 Å². The van der Waals surface area contributed by atoms with Crippen molar-refractivity contribution in [3.05, 3.63) is 71.9 Å². The number of carbonyl (C=O) groups excluding carboxylic acids is 6. The fourth-order valence-corrected chi connectivity index (χ4v) is 4.37. The number of ether oxygens (including phenoxy) is 1. The number of esters is 1. The number of nitrogens with zero attached hydrogens (tertiary/aromatic N) is 2. The topological polar surface area (TPSA) is 200 Å². The molecule has 218 valence electrons. The number of hydrazine groups is 1. The van der Waals surface area contributed by atoms with Crippen LogP contribution in [0.4, 0.5) is 0 Å². The second-order valence-electron chi connectivity index (χ2n) is 9.43. The normalized spacial score (nSPS) is 18.8. The van der Waals surface area contributed by atoms with Crippen LogP contribution in [0.15, 0.2) is 60.8 Å². The summed E-state index contributed by atoms with van der Waals surface area (Å²) in [6.45, 7) is 0. The van der Waals surface area contributed by atoms with Gasteiger partial charge in [-0.1, -0.05) is 6.08 Å². The molecule has 1 saturated heterocycles.